The summed E-state index contributed by atoms with van der Waals surface area (Å²) in [7, 11) is 0. The van der Waals surface area contributed by atoms with E-state index in [9.17, 15) is 4.79 Å². The zero-order valence-electron chi connectivity index (χ0n) is 15.4. The molecular weight excluding hydrogens is 348 g/mol. The molecular formula is C20H26N2O5. The molecule has 7 nitrogen and oxygen atoms in total. The zero-order valence-corrected chi connectivity index (χ0v) is 15.4. The first-order valence-electron chi connectivity index (χ1n) is 9.23. The second kappa shape index (κ2) is 9.01. The number of hydrogen-bond acceptors (Lipinski definition) is 6. The molecule has 27 heavy (non-hydrogen) atoms. The number of carbonyl (C=O) groups is 1. The van der Waals surface area contributed by atoms with Gasteiger partial charge in [0.2, 0.25) is 5.90 Å². The maximum absolute atomic E-state index is 13.1. The number of carbonyl (C=O) groups excluding carboxylic acids is 1. The van der Waals surface area contributed by atoms with Gasteiger partial charge in [0, 0.05) is 38.1 Å². The van der Waals surface area contributed by atoms with Crippen LogP contribution in [-0.4, -0.2) is 73.5 Å². The van der Waals surface area contributed by atoms with Crippen LogP contribution in [0.3, 0.4) is 0 Å². The van der Waals surface area contributed by atoms with Crippen LogP contribution in [0.2, 0.25) is 0 Å². The molecule has 0 unspecified atom stereocenters. The third kappa shape index (κ3) is 4.48. The van der Waals surface area contributed by atoms with Crippen LogP contribution < -0.4 is 4.74 Å². The number of benzene rings is 1. The van der Waals surface area contributed by atoms with Gasteiger partial charge in [0.25, 0.3) is 5.91 Å². The van der Waals surface area contributed by atoms with Gasteiger partial charge in [-0.2, -0.15) is 0 Å². The molecule has 0 radical (unpaired) electrons. The molecule has 0 bridgehead atoms. The highest BCUT2D eigenvalue weighted by Crippen LogP contribution is 2.29. The van der Waals surface area contributed by atoms with Crippen LogP contribution in [0.1, 0.15) is 18.4 Å². The molecule has 7 heteroatoms. The van der Waals surface area contributed by atoms with Gasteiger partial charge in [0.05, 0.1) is 19.8 Å². The SMILES string of the molecule is C=CC[C@]1(C(=O)N2CCOCC2)COC(c2ccc(OCCCO)cc2)=N1. The van der Waals surface area contributed by atoms with Crippen molar-refractivity contribution in [3.63, 3.8) is 0 Å². The minimum atomic E-state index is -0.954. The van der Waals surface area contributed by atoms with Gasteiger partial charge in [-0.15, -0.1) is 6.58 Å². The fourth-order valence-electron chi connectivity index (χ4n) is 3.14. The maximum atomic E-state index is 13.1. The predicted octanol–water partition coefficient (Wildman–Crippen LogP) is 1.40. The lowest BCUT2D eigenvalue weighted by Crippen LogP contribution is -2.52. The van der Waals surface area contributed by atoms with Crippen molar-refractivity contribution in [2.75, 3.05) is 46.1 Å². The second-order valence-corrected chi connectivity index (χ2v) is 6.58. The molecule has 1 aromatic rings. The van der Waals surface area contributed by atoms with Crippen LogP contribution in [0.5, 0.6) is 5.75 Å². The second-order valence-electron chi connectivity index (χ2n) is 6.58. The van der Waals surface area contributed by atoms with Gasteiger partial charge in [-0.3, -0.25) is 4.79 Å². The van der Waals surface area contributed by atoms with Crippen LogP contribution in [0, 0.1) is 0 Å². The summed E-state index contributed by atoms with van der Waals surface area (Å²) in [6.45, 7) is 6.80. The molecule has 2 aliphatic rings. The third-order valence-electron chi connectivity index (χ3n) is 4.61. The lowest BCUT2D eigenvalue weighted by molar-refractivity contribution is -0.141. The molecule has 1 aromatic carbocycles. The highest BCUT2D eigenvalue weighted by Gasteiger charge is 2.45. The Morgan fingerprint density at radius 2 is 2.07 bits per heavy atom. The first-order chi connectivity index (χ1) is 13.2. The fourth-order valence-corrected chi connectivity index (χ4v) is 3.14. The van der Waals surface area contributed by atoms with Crippen molar-refractivity contribution in [1.82, 2.24) is 4.90 Å². The van der Waals surface area contributed by atoms with Gasteiger partial charge in [0.1, 0.15) is 12.4 Å². The topological polar surface area (TPSA) is 80.6 Å². The van der Waals surface area contributed by atoms with E-state index in [1.54, 1.807) is 11.0 Å². The van der Waals surface area contributed by atoms with Crippen molar-refractivity contribution in [3.8, 4) is 5.75 Å². The fraction of sp³-hybridized carbons (Fsp3) is 0.500. The summed E-state index contributed by atoms with van der Waals surface area (Å²) in [4.78, 5) is 19.6. The first kappa shape index (κ1) is 19.4. The smallest absolute Gasteiger partial charge is 0.254 e. The molecule has 3 rings (SSSR count). The number of nitrogens with zero attached hydrogens (tertiary/aromatic N) is 2. The molecule has 2 aliphatic heterocycles. The number of aliphatic hydroxyl groups is 1. The van der Waals surface area contributed by atoms with E-state index >= 15 is 0 Å². The normalized spacial score (nSPS) is 22.1. The van der Waals surface area contributed by atoms with Crippen molar-refractivity contribution in [3.05, 3.63) is 42.5 Å². The summed E-state index contributed by atoms with van der Waals surface area (Å²) in [5, 5.41) is 8.81. The summed E-state index contributed by atoms with van der Waals surface area (Å²) in [5.74, 6) is 1.14. The van der Waals surface area contributed by atoms with Crippen molar-refractivity contribution in [1.29, 1.82) is 0 Å². The number of ether oxygens (including phenoxy) is 3. The lowest BCUT2D eigenvalue weighted by Gasteiger charge is -2.33. The average Bonchev–Trinajstić information content (AvgIpc) is 3.14. The quantitative estimate of drug-likeness (QED) is 0.550. The Kier molecular flexibility index (Phi) is 6.47. The van der Waals surface area contributed by atoms with E-state index in [0.29, 0.717) is 57.4 Å². The van der Waals surface area contributed by atoms with Gasteiger partial charge in [-0.25, -0.2) is 4.99 Å². The van der Waals surface area contributed by atoms with Gasteiger partial charge in [-0.05, 0) is 24.3 Å². The molecule has 1 atom stereocenters. The number of aliphatic imine (C=N–C) groups is 1. The Morgan fingerprint density at radius 3 is 2.74 bits per heavy atom. The highest BCUT2D eigenvalue weighted by atomic mass is 16.5. The first-order valence-corrected chi connectivity index (χ1v) is 9.23. The molecule has 0 saturated carbocycles. The van der Waals surface area contributed by atoms with E-state index in [1.807, 2.05) is 24.3 Å². The van der Waals surface area contributed by atoms with Crippen LogP contribution in [0.15, 0.2) is 41.9 Å². The summed E-state index contributed by atoms with van der Waals surface area (Å²) in [5.41, 5.74) is -0.157. The van der Waals surface area contributed by atoms with E-state index in [-0.39, 0.29) is 19.1 Å². The van der Waals surface area contributed by atoms with Crippen LogP contribution in [0.4, 0.5) is 0 Å². The molecule has 0 aromatic heterocycles. The molecule has 0 aliphatic carbocycles. The van der Waals surface area contributed by atoms with Gasteiger partial charge >= 0.3 is 0 Å². The number of rotatable bonds is 8. The standard InChI is InChI=1S/C20H26N2O5/c1-2-8-20(19(24)22-9-13-25-14-10-22)15-27-18(21-20)16-4-6-17(7-5-16)26-12-3-11-23/h2,4-7,23H,1,3,8-15H2/t20-/m1/s1. The van der Waals surface area contributed by atoms with Crippen LogP contribution in [0.25, 0.3) is 0 Å². The summed E-state index contributed by atoms with van der Waals surface area (Å²) >= 11 is 0. The van der Waals surface area contributed by atoms with Crippen molar-refractivity contribution in [2.24, 2.45) is 4.99 Å². The highest BCUT2D eigenvalue weighted by molar-refractivity contribution is 6.00. The molecule has 1 fully saturated rings. The molecule has 1 amide bonds. The van der Waals surface area contributed by atoms with Crippen molar-refractivity contribution in [2.45, 2.75) is 18.4 Å². The Hall–Kier alpha value is -2.38. The summed E-state index contributed by atoms with van der Waals surface area (Å²) in [6.07, 6.45) is 2.73. The van der Waals surface area contributed by atoms with Gasteiger partial charge in [0.15, 0.2) is 5.54 Å². The number of amides is 1. The Balaban J connectivity index is 1.75. The predicted molar refractivity (Wildman–Crippen MR) is 101 cm³/mol. The van der Waals surface area contributed by atoms with E-state index in [2.05, 4.69) is 11.6 Å². The van der Waals surface area contributed by atoms with E-state index in [1.165, 1.54) is 0 Å². The van der Waals surface area contributed by atoms with Crippen molar-refractivity contribution < 1.29 is 24.1 Å². The van der Waals surface area contributed by atoms with E-state index in [4.69, 9.17) is 19.3 Å². The Morgan fingerprint density at radius 1 is 1.33 bits per heavy atom. The monoisotopic (exact) mass is 374 g/mol. The van der Waals surface area contributed by atoms with E-state index < -0.39 is 5.54 Å². The third-order valence-corrected chi connectivity index (χ3v) is 4.61. The molecule has 2 heterocycles. The molecule has 1 saturated heterocycles. The molecule has 0 spiro atoms. The van der Waals surface area contributed by atoms with Crippen LogP contribution >= 0.6 is 0 Å². The van der Waals surface area contributed by atoms with Crippen molar-refractivity contribution >= 4 is 11.8 Å². The van der Waals surface area contributed by atoms with E-state index in [0.717, 1.165) is 5.56 Å². The average molecular weight is 374 g/mol. The molecule has 146 valence electrons. The van der Waals surface area contributed by atoms with Crippen LogP contribution in [-0.2, 0) is 14.3 Å². The molecule has 1 N–H and O–H groups in total. The minimum absolute atomic E-state index is 0.0374. The number of hydrogen-bond donors (Lipinski definition) is 1. The Labute approximate surface area is 159 Å². The zero-order chi connectivity index (χ0) is 19.1. The maximum Gasteiger partial charge on any atom is 0.254 e. The van der Waals surface area contributed by atoms with Gasteiger partial charge in [-0.1, -0.05) is 6.08 Å². The number of aliphatic hydroxyl groups excluding tert-OH is 1. The lowest BCUT2D eigenvalue weighted by atomic mass is 9.95. The Bertz CT molecular complexity index is 682. The van der Waals surface area contributed by atoms with Gasteiger partial charge < -0.3 is 24.2 Å². The minimum Gasteiger partial charge on any atom is -0.494 e. The summed E-state index contributed by atoms with van der Waals surface area (Å²) in [6, 6.07) is 7.37. The number of morpholine rings is 1. The summed E-state index contributed by atoms with van der Waals surface area (Å²) < 4.78 is 16.7. The largest absolute Gasteiger partial charge is 0.494 e.